The van der Waals surface area contributed by atoms with Gasteiger partial charge in [0.1, 0.15) is 5.82 Å². The standard InChI is InChI=1S/C11H11FN2/c12-11-4-1-8(6-13)5-9(11)7-14-10-2-3-10/h1,4-5,10,14H,2-3,7H2. The SMILES string of the molecule is N#Cc1ccc(F)c(CNC2CC2)c1. The summed E-state index contributed by atoms with van der Waals surface area (Å²) in [5.74, 6) is -0.239. The van der Waals surface area contributed by atoms with E-state index in [1.54, 1.807) is 6.07 Å². The number of hydrogen-bond acceptors (Lipinski definition) is 2. The molecule has 14 heavy (non-hydrogen) atoms. The molecule has 1 aromatic carbocycles. The molecule has 1 aliphatic rings. The van der Waals surface area contributed by atoms with Crippen LogP contribution in [-0.2, 0) is 6.54 Å². The monoisotopic (exact) mass is 190 g/mol. The summed E-state index contributed by atoms with van der Waals surface area (Å²) in [4.78, 5) is 0. The van der Waals surface area contributed by atoms with Gasteiger partial charge in [-0.25, -0.2) is 4.39 Å². The van der Waals surface area contributed by atoms with Crippen LogP contribution in [0.15, 0.2) is 18.2 Å². The maximum atomic E-state index is 13.2. The molecule has 0 atom stereocenters. The highest BCUT2D eigenvalue weighted by molar-refractivity contribution is 5.33. The maximum Gasteiger partial charge on any atom is 0.127 e. The minimum atomic E-state index is -0.239. The Balaban J connectivity index is 2.09. The molecule has 1 saturated carbocycles. The van der Waals surface area contributed by atoms with Gasteiger partial charge in [-0.1, -0.05) is 0 Å². The summed E-state index contributed by atoms with van der Waals surface area (Å²) in [7, 11) is 0. The van der Waals surface area contributed by atoms with E-state index in [1.165, 1.54) is 25.0 Å². The number of rotatable bonds is 3. The number of hydrogen-bond donors (Lipinski definition) is 1. The Kier molecular flexibility index (Phi) is 2.47. The van der Waals surface area contributed by atoms with E-state index in [0.717, 1.165) is 0 Å². The Hall–Kier alpha value is -1.40. The predicted molar refractivity (Wildman–Crippen MR) is 51.0 cm³/mol. The molecule has 1 N–H and O–H groups in total. The molecule has 0 amide bonds. The molecule has 0 radical (unpaired) electrons. The Labute approximate surface area is 82.4 Å². The molecule has 1 aliphatic carbocycles. The smallest absolute Gasteiger partial charge is 0.127 e. The zero-order valence-corrected chi connectivity index (χ0v) is 7.76. The first-order valence-electron chi connectivity index (χ1n) is 4.71. The molecule has 1 fully saturated rings. The van der Waals surface area contributed by atoms with Crippen LogP contribution >= 0.6 is 0 Å². The van der Waals surface area contributed by atoms with Gasteiger partial charge in [-0.15, -0.1) is 0 Å². The topological polar surface area (TPSA) is 35.8 Å². The summed E-state index contributed by atoms with van der Waals surface area (Å²) in [5, 5.41) is 11.9. The largest absolute Gasteiger partial charge is 0.310 e. The van der Waals surface area contributed by atoms with Gasteiger partial charge in [-0.05, 0) is 31.0 Å². The lowest BCUT2D eigenvalue weighted by atomic mass is 10.1. The van der Waals surface area contributed by atoms with Crippen LogP contribution in [0.1, 0.15) is 24.0 Å². The van der Waals surface area contributed by atoms with Crippen molar-refractivity contribution in [3.8, 4) is 6.07 Å². The van der Waals surface area contributed by atoms with Gasteiger partial charge in [0.25, 0.3) is 0 Å². The van der Waals surface area contributed by atoms with Crippen LogP contribution in [0.5, 0.6) is 0 Å². The van der Waals surface area contributed by atoms with Gasteiger partial charge in [-0.3, -0.25) is 0 Å². The fraction of sp³-hybridized carbons (Fsp3) is 0.364. The molecule has 72 valence electrons. The van der Waals surface area contributed by atoms with Gasteiger partial charge in [0.2, 0.25) is 0 Å². The summed E-state index contributed by atoms with van der Waals surface area (Å²) in [5.41, 5.74) is 1.09. The van der Waals surface area contributed by atoms with Gasteiger partial charge in [0.05, 0.1) is 11.6 Å². The molecule has 2 rings (SSSR count). The summed E-state index contributed by atoms with van der Waals surface area (Å²) in [6, 6.07) is 7.01. The normalized spacial score (nSPS) is 15.1. The van der Waals surface area contributed by atoms with E-state index in [1.807, 2.05) is 6.07 Å². The quantitative estimate of drug-likeness (QED) is 0.790. The Morgan fingerprint density at radius 1 is 1.50 bits per heavy atom. The molecule has 1 aromatic rings. The van der Waals surface area contributed by atoms with Crippen LogP contribution in [0.3, 0.4) is 0 Å². The van der Waals surface area contributed by atoms with Crippen molar-refractivity contribution in [3.63, 3.8) is 0 Å². The summed E-state index contributed by atoms with van der Waals surface area (Å²) < 4.78 is 13.2. The Bertz CT molecular complexity index is 377. The number of halogens is 1. The highest BCUT2D eigenvalue weighted by atomic mass is 19.1. The van der Waals surface area contributed by atoms with Crippen molar-refractivity contribution in [2.75, 3.05) is 0 Å². The number of nitrogens with one attached hydrogen (secondary N) is 1. The molecule has 0 spiro atoms. The third kappa shape index (κ3) is 2.09. The third-order valence-corrected chi connectivity index (χ3v) is 2.33. The lowest BCUT2D eigenvalue weighted by Gasteiger charge is -2.04. The zero-order valence-electron chi connectivity index (χ0n) is 7.76. The molecule has 0 bridgehead atoms. The van der Waals surface area contributed by atoms with Crippen molar-refractivity contribution in [3.05, 3.63) is 35.1 Å². The first kappa shape index (κ1) is 9.17. The fourth-order valence-electron chi connectivity index (χ4n) is 1.32. The van der Waals surface area contributed by atoms with Crippen molar-refractivity contribution in [2.24, 2.45) is 0 Å². The van der Waals surface area contributed by atoms with Gasteiger partial charge in [0.15, 0.2) is 0 Å². The van der Waals surface area contributed by atoms with Gasteiger partial charge < -0.3 is 5.32 Å². The van der Waals surface area contributed by atoms with E-state index in [2.05, 4.69) is 5.32 Å². The zero-order chi connectivity index (χ0) is 9.97. The van der Waals surface area contributed by atoms with Gasteiger partial charge in [0, 0.05) is 18.2 Å². The van der Waals surface area contributed by atoms with Crippen molar-refractivity contribution in [2.45, 2.75) is 25.4 Å². The molecule has 3 heteroatoms. The van der Waals surface area contributed by atoms with Crippen molar-refractivity contribution >= 4 is 0 Å². The molecule has 2 nitrogen and oxygen atoms in total. The van der Waals surface area contributed by atoms with Crippen LogP contribution in [0.25, 0.3) is 0 Å². The second-order valence-electron chi connectivity index (χ2n) is 3.57. The summed E-state index contributed by atoms with van der Waals surface area (Å²) in [6.45, 7) is 0.520. The van der Waals surface area contributed by atoms with Crippen LogP contribution in [0.2, 0.25) is 0 Å². The van der Waals surface area contributed by atoms with Crippen LogP contribution in [-0.4, -0.2) is 6.04 Å². The van der Waals surface area contributed by atoms with E-state index in [4.69, 9.17) is 5.26 Å². The molecule has 0 saturated heterocycles. The van der Waals surface area contributed by atoms with E-state index >= 15 is 0 Å². The van der Waals surface area contributed by atoms with E-state index in [9.17, 15) is 4.39 Å². The van der Waals surface area contributed by atoms with Crippen molar-refractivity contribution < 1.29 is 4.39 Å². The fourth-order valence-corrected chi connectivity index (χ4v) is 1.32. The predicted octanol–water partition coefficient (Wildman–Crippen LogP) is 1.95. The highest BCUT2D eigenvalue weighted by Crippen LogP contribution is 2.20. The summed E-state index contributed by atoms with van der Waals surface area (Å²) >= 11 is 0. The average Bonchev–Trinajstić information content (AvgIpc) is 3.00. The van der Waals surface area contributed by atoms with Gasteiger partial charge in [-0.2, -0.15) is 5.26 Å². The van der Waals surface area contributed by atoms with Crippen LogP contribution in [0, 0.1) is 17.1 Å². The maximum absolute atomic E-state index is 13.2. The number of benzene rings is 1. The molecule has 0 heterocycles. The summed E-state index contributed by atoms with van der Waals surface area (Å²) in [6.07, 6.45) is 2.36. The first-order chi connectivity index (χ1) is 6.79. The minimum absolute atomic E-state index is 0.239. The Morgan fingerprint density at radius 2 is 2.29 bits per heavy atom. The highest BCUT2D eigenvalue weighted by Gasteiger charge is 2.20. The van der Waals surface area contributed by atoms with Crippen molar-refractivity contribution in [1.29, 1.82) is 5.26 Å². The Morgan fingerprint density at radius 3 is 2.93 bits per heavy atom. The molecule has 0 unspecified atom stereocenters. The van der Waals surface area contributed by atoms with E-state index in [-0.39, 0.29) is 5.82 Å². The second kappa shape index (κ2) is 3.77. The van der Waals surface area contributed by atoms with Crippen molar-refractivity contribution in [1.82, 2.24) is 5.32 Å². The molecular formula is C11H11FN2. The first-order valence-corrected chi connectivity index (χ1v) is 4.71. The average molecular weight is 190 g/mol. The van der Waals surface area contributed by atoms with Crippen LogP contribution in [0.4, 0.5) is 4.39 Å². The lowest BCUT2D eigenvalue weighted by molar-refractivity contribution is 0.587. The molecule has 0 aromatic heterocycles. The third-order valence-electron chi connectivity index (χ3n) is 2.33. The second-order valence-corrected chi connectivity index (χ2v) is 3.57. The number of nitriles is 1. The van der Waals surface area contributed by atoms with E-state index < -0.39 is 0 Å². The van der Waals surface area contributed by atoms with Crippen LogP contribution < -0.4 is 5.32 Å². The van der Waals surface area contributed by atoms with E-state index in [0.29, 0.717) is 23.7 Å². The van der Waals surface area contributed by atoms with Gasteiger partial charge >= 0.3 is 0 Å². The minimum Gasteiger partial charge on any atom is -0.310 e. The number of nitrogens with zero attached hydrogens (tertiary/aromatic N) is 1. The lowest BCUT2D eigenvalue weighted by Crippen LogP contribution is -2.16. The molecule has 0 aliphatic heterocycles. The molecular weight excluding hydrogens is 179 g/mol.